The van der Waals surface area contributed by atoms with Gasteiger partial charge in [0.1, 0.15) is 0 Å². The molecule has 100 valence electrons. The zero-order chi connectivity index (χ0) is 13.0. The van der Waals surface area contributed by atoms with Crippen LogP contribution in [0.25, 0.3) is 0 Å². The van der Waals surface area contributed by atoms with Gasteiger partial charge in [0.2, 0.25) is 0 Å². The average molecular weight is 246 g/mol. The minimum absolute atomic E-state index is 0.588. The first kappa shape index (κ1) is 13.6. The molecule has 0 radical (unpaired) electrons. The van der Waals surface area contributed by atoms with Crippen LogP contribution in [0.1, 0.15) is 31.7 Å². The molecule has 0 bridgehead atoms. The zero-order valence-corrected chi connectivity index (χ0v) is 11.7. The molecule has 1 fully saturated rings. The molecule has 0 heterocycles. The number of hydrogen-bond donors (Lipinski definition) is 1. The maximum Gasteiger partial charge on any atom is 0.0135 e. The molecular formula is C16H26N2. The largest absolute Gasteiger partial charge is 0.330 e. The van der Waals surface area contributed by atoms with Crippen LogP contribution in [0, 0.1) is 5.92 Å². The Morgan fingerprint density at radius 1 is 1.28 bits per heavy atom. The van der Waals surface area contributed by atoms with E-state index in [0.29, 0.717) is 18.0 Å². The van der Waals surface area contributed by atoms with Crippen LogP contribution in [-0.4, -0.2) is 30.6 Å². The Morgan fingerprint density at radius 3 is 2.67 bits per heavy atom. The molecule has 1 saturated carbocycles. The molecule has 2 heteroatoms. The van der Waals surface area contributed by atoms with Gasteiger partial charge in [0.05, 0.1) is 0 Å². The Labute approximate surface area is 111 Å². The van der Waals surface area contributed by atoms with Gasteiger partial charge in [0.15, 0.2) is 0 Å². The predicted molar refractivity (Wildman–Crippen MR) is 77.6 cm³/mol. The van der Waals surface area contributed by atoms with Gasteiger partial charge in [-0.05, 0) is 51.3 Å². The molecule has 1 aliphatic rings. The highest BCUT2D eigenvalue weighted by Gasteiger charge is 2.31. The van der Waals surface area contributed by atoms with Gasteiger partial charge >= 0.3 is 0 Å². The fourth-order valence-electron chi connectivity index (χ4n) is 3.25. The molecule has 0 aliphatic heterocycles. The number of nitrogens with two attached hydrogens (primary N) is 1. The maximum absolute atomic E-state index is 5.89. The van der Waals surface area contributed by atoms with E-state index in [-0.39, 0.29) is 0 Å². The smallest absolute Gasteiger partial charge is 0.0135 e. The summed E-state index contributed by atoms with van der Waals surface area (Å²) in [6.07, 6.45) is 5.10. The van der Waals surface area contributed by atoms with Gasteiger partial charge in [0, 0.05) is 12.1 Å². The molecule has 0 amide bonds. The van der Waals surface area contributed by atoms with Crippen molar-refractivity contribution in [2.45, 2.75) is 44.7 Å². The van der Waals surface area contributed by atoms with Crippen molar-refractivity contribution in [2.24, 2.45) is 11.7 Å². The topological polar surface area (TPSA) is 29.3 Å². The Hall–Kier alpha value is -0.860. The van der Waals surface area contributed by atoms with Gasteiger partial charge < -0.3 is 10.6 Å². The van der Waals surface area contributed by atoms with Crippen LogP contribution < -0.4 is 5.73 Å². The van der Waals surface area contributed by atoms with Crippen LogP contribution in [0.4, 0.5) is 0 Å². The molecule has 2 rings (SSSR count). The molecule has 1 aliphatic carbocycles. The van der Waals surface area contributed by atoms with Crippen LogP contribution in [0.2, 0.25) is 0 Å². The zero-order valence-electron chi connectivity index (χ0n) is 11.7. The van der Waals surface area contributed by atoms with Gasteiger partial charge in [-0.15, -0.1) is 0 Å². The number of hydrogen-bond acceptors (Lipinski definition) is 2. The molecule has 2 nitrogen and oxygen atoms in total. The molecule has 2 N–H and O–H groups in total. The first-order valence-corrected chi connectivity index (χ1v) is 7.18. The molecule has 0 spiro atoms. The van der Waals surface area contributed by atoms with Crippen molar-refractivity contribution in [1.82, 2.24) is 4.90 Å². The van der Waals surface area contributed by atoms with Gasteiger partial charge in [-0.1, -0.05) is 36.8 Å². The van der Waals surface area contributed by atoms with E-state index in [1.54, 1.807) is 0 Å². The lowest BCUT2D eigenvalue weighted by Gasteiger charge is -2.34. The number of nitrogens with zero attached hydrogens (tertiary/aromatic N) is 1. The summed E-state index contributed by atoms with van der Waals surface area (Å²) in [5, 5.41) is 0. The third kappa shape index (κ3) is 3.12. The summed E-state index contributed by atoms with van der Waals surface area (Å²) < 4.78 is 0. The molecule has 3 unspecified atom stereocenters. The summed E-state index contributed by atoms with van der Waals surface area (Å²) in [6, 6.07) is 12.1. The summed E-state index contributed by atoms with van der Waals surface area (Å²) >= 11 is 0. The van der Waals surface area contributed by atoms with Gasteiger partial charge in [-0.25, -0.2) is 0 Å². The van der Waals surface area contributed by atoms with Crippen LogP contribution >= 0.6 is 0 Å². The first-order chi connectivity index (χ1) is 8.72. The summed E-state index contributed by atoms with van der Waals surface area (Å²) in [7, 11) is 2.27. The highest BCUT2D eigenvalue weighted by atomic mass is 15.2. The second-order valence-electron chi connectivity index (χ2n) is 5.70. The van der Waals surface area contributed by atoms with Crippen LogP contribution in [0.3, 0.4) is 0 Å². The quantitative estimate of drug-likeness (QED) is 0.865. The minimum atomic E-state index is 0.588. The summed E-state index contributed by atoms with van der Waals surface area (Å²) in [6.45, 7) is 3.17. The number of likely N-dealkylation sites (N-methyl/N-ethyl adjacent to an activating group) is 1. The Morgan fingerprint density at radius 2 is 2.00 bits per heavy atom. The highest BCUT2D eigenvalue weighted by Crippen LogP contribution is 2.30. The van der Waals surface area contributed by atoms with Gasteiger partial charge in [-0.2, -0.15) is 0 Å². The van der Waals surface area contributed by atoms with Gasteiger partial charge in [-0.3, -0.25) is 0 Å². The van der Waals surface area contributed by atoms with E-state index in [1.807, 2.05) is 0 Å². The van der Waals surface area contributed by atoms with E-state index in [1.165, 1.54) is 24.8 Å². The summed E-state index contributed by atoms with van der Waals surface area (Å²) in [5.74, 6) is 0.702. The Balaban J connectivity index is 1.94. The van der Waals surface area contributed by atoms with E-state index in [0.717, 1.165) is 13.0 Å². The summed E-state index contributed by atoms with van der Waals surface area (Å²) in [5.41, 5.74) is 7.32. The first-order valence-electron chi connectivity index (χ1n) is 7.18. The van der Waals surface area contributed by atoms with Crippen molar-refractivity contribution in [1.29, 1.82) is 0 Å². The minimum Gasteiger partial charge on any atom is -0.330 e. The third-order valence-electron chi connectivity index (χ3n) is 4.51. The Bertz CT molecular complexity index is 349. The van der Waals surface area contributed by atoms with Crippen molar-refractivity contribution in [3.05, 3.63) is 35.9 Å². The van der Waals surface area contributed by atoms with Gasteiger partial charge in [0.25, 0.3) is 0 Å². The molecule has 0 aromatic heterocycles. The molecule has 1 aromatic rings. The molecular weight excluding hydrogens is 220 g/mol. The van der Waals surface area contributed by atoms with E-state index < -0.39 is 0 Å². The normalized spacial score (nSPS) is 25.6. The van der Waals surface area contributed by atoms with Crippen LogP contribution in [0.15, 0.2) is 30.3 Å². The molecule has 18 heavy (non-hydrogen) atoms. The van der Waals surface area contributed by atoms with Crippen molar-refractivity contribution in [3.63, 3.8) is 0 Å². The fraction of sp³-hybridized carbons (Fsp3) is 0.625. The second kappa shape index (κ2) is 6.35. The fourth-order valence-corrected chi connectivity index (χ4v) is 3.25. The highest BCUT2D eigenvalue weighted by molar-refractivity contribution is 5.15. The van der Waals surface area contributed by atoms with E-state index >= 15 is 0 Å². The maximum atomic E-state index is 5.89. The number of benzene rings is 1. The molecule has 0 saturated heterocycles. The van der Waals surface area contributed by atoms with E-state index in [4.69, 9.17) is 5.73 Å². The Kier molecular flexibility index (Phi) is 4.79. The van der Waals surface area contributed by atoms with Crippen molar-refractivity contribution in [3.8, 4) is 0 Å². The lowest BCUT2D eigenvalue weighted by atomic mass is 9.99. The summed E-state index contributed by atoms with van der Waals surface area (Å²) in [4.78, 5) is 2.55. The van der Waals surface area contributed by atoms with Crippen molar-refractivity contribution in [2.75, 3.05) is 13.6 Å². The molecule has 1 aromatic carbocycles. The molecule has 3 atom stereocenters. The SMILES string of the molecule is CC(Cc1ccccc1)N(C)C1CCCC1CN. The number of rotatable bonds is 5. The van der Waals surface area contributed by atoms with E-state index in [9.17, 15) is 0 Å². The van der Waals surface area contributed by atoms with Crippen molar-refractivity contribution < 1.29 is 0 Å². The lowest BCUT2D eigenvalue weighted by molar-refractivity contribution is 0.151. The van der Waals surface area contributed by atoms with E-state index in [2.05, 4.69) is 49.2 Å². The third-order valence-corrected chi connectivity index (χ3v) is 4.51. The standard InChI is InChI=1S/C16H26N2/c1-13(11-14-7-4-3-5-8-14)18(2)16-10-6-9-15(16)12-17/h3-5,7-8,13,15-16H,6,9-12,17H2,1-2H3. The second-order valence-corrected chi connectivity index (χ2v) is 5.70. The lowest BCUT2D eigenvalue weighted by Crippen LogP contribution is -2.43. The van der Waals surface area contributed by atoms with Crippen molar-refractivity contribution >= 4 is 0 Å². The predicted octanol–water partition coefficient (Wildman–Crippen LogP) is 2.68. The van der Waals surface area contributed by atoms with Crippen LogP contribution in [-0.2, 0) is 6.42 Å². The monoisotopic (exact) mass is 246 g/mol. The van der Waals surface area contributed by atoms with Crippen LogP contribution in [0.5, 0.6) is 0 Å². The average Bonchev–Trinajstić information content (AvgIpc) is 2.87.